The molecule has 0 fully saturated rings. The molecule has 0 atom stereocenters. The van der Waals surface area contributed by atoms with Crippen molar-refractivity contribution in [2.24, 2.45) is 10.9 Å². The Kier molecular flexibility index (Phi) is 4.71. The van der Waals surface area contributed by atoms with E-state index in [-0.39, 0.29) is 24.6 Å². The molecule has 0 bridgehead atoms. The number of hydrogen-bond acceptors (Lipinski definition) is 4. The summed E-state index contributed by atoms with van der Waals surface area (Å²) in [5.41, 5.74) is 5.18. The normalized spacial score (nSPS) is 13.6. The van der Waals surface area contributed by atoms with Crippen molar-refractivity contribution in [1.29, 1.82) is 0 Å². The van der Waals surface area contributed by atoms with Crippen molar-refractivity contribution >= 4 is 15.9 Å². The Balaban J connectivity index is 4.10. The summed E-state index contributed by atoms with van der Waals surface area (Å²) in [5, 5.41) is 10.9. The first-order valence-electron chi connectivity index (χ1n) is 3.84. The molecule has 0 aliphatic heterocycles. The zero-order chi connectivity index (χ0) is 10.5. The molecule has 6 nitrogen and oxygen atoms in total. The smallest absolute Gasteiger partial charge is 0.213 e. The Morgan fingerprint density at radius 3 is 2.54 bits per heavy atom. The van der Waals surface area contributed by atoms with Gasteiger partial charge < -0.3 is 10.9 Å². The molecule has 0 rings (SSSR count). The van der Waals surface area contributed by atoms with E-state index in [0.29, 0.717) is 0 Å². The second kappa shape index (κ2) is 5.03. The van der Waals surface area contributed by atoms with Crippen molar-refractivity contribution in [2.45, 2.75) is 13.3 Å². The third-order valence-corrected chi connectivity index (χ3v) is 3.51. The van der Waals surface area contributed by atoms with Crippen molar-refractivity contribution in [3.63, 3.8) is 0 Å². The highest BCUT2D eigenvalue weighted by Crippen LogP contribution is 1.98. The van der Waals surface area contributed by atoms with Gasteiger partial charge in [0, 0.05) is 20.0 Å². The molecule has 0 aromatic heterocycles. The summed E-state index contributed by atoms with van der Waals surface area (Å²) >= 11 is 0. The van der Waals surface area contributed by atoms with Crippen LogP contribution in [0.4, 0.5) is 0 Å². The lowest BCUT2D eigenvalue weighted by Gasteiger charge is -2.14. The summed E-state index contributed by atoms with van der Waals surface area (Å²) < 4.78 is 23.6. The summed E-state index contributed by atoms with van der Waals surface area (Å²) in [6, 6.07) is 0. The number of rotatable bonds is 5. The Hall–Kier alpha value is -0.820. The van der Waals surface area contributed by atoms with Gasteiger partial charge in [-0.05, 0) is 6.92 Å². The first-order valence-corrected chi connectivity index (χ1v) is 5.45. The molecule has 0 unspecified atom stereocenters. The van der Waals surface area contributed by atoms with Crippen LogP contribution in [0.15, 0.2) is 5.16 Å². The van der Waals surface area contributed by atoms with E-state index in [1.165, 1.54) is 11.4 Å². The number of oxime groups is 1. The lowest BCUT2D eigenvalue weighted by Crippen LogP contribution is -2.31. The van der Waals surface area contributed by atoms with E-state index < -0.39 is 10.0 Å². The standard InChI is InChI=1S/C6H15N3O3S/c1-3-13(11,12)9(2)5-4-6(7)8-10/h10H,3-5H2,1-2H3,(H2,7,8). The number of amidine groups is 1. The molecule has 0 radical (unpaired) electrons. The van der Waals surface area contributed by atoms with Crippen LogP contribution in [0.2, 0.25) is 0 Å². The molecule has 78 valence electrons. The molecule has 0 amide bonds. The fourth-order valence-electron chi connectivity index (χ4n) is 0.681. The topological polar surface area (TPSA) is 96.0 Å². The Bertz CT molecular complexity index is 273. The van der Waals surface area contributed by atoms with Gasteiger partial charge in [-0.2, -0.15) is 0 Å². The number of hydrogen-bond donors (Lipinski definition) is 2. The van der Waals surface area contributed by atoms with Crippen LogP contribution in [0.5, 0.6) is 0 Å². The lowest BCUT2D eigenvalue weighted by molar-refractivity contribution is 0.316. The van der Waals surface area contributed by atoms with Crippen LogP contribution in [0.1, 0.15) is 13.3 Å². The zero-order valence-electron chi connectivity index (χ0n) is 7.77. The maximum Gasteiger partial charge on any atom is 0.213 e. The van der Waals surface area contributed by atoms with Crippen LogP contribution in [0.25, 0.3) is 0 Å². The summed E-state index contributed by atoms with van der Waals surface area (Å²) in [4.78, 5) is 0. The molecule has 0 aliphatic carbocycles. The van der Waals surface area contributed by atoms with Crippen molar-refractivity contribution in [3.05, 3.63) is 0 Å². The highest BCUT2D eigenvalue weighted by Gasteiger charge is 2.14. The summed E-state index contributed by atoms with van der Waals surface area (Å²) in [6.07, 6.45) is 0.228. The molecule has 7 heteroatoms. The third kappa shape index (κ3) is 4.09. The van der Waals surface area contributed by atoms with Crippen LogP contribution in [-0.2, 0) is 10.0 Å². The summed E-state index contributed by atoms with van der Waals surface area (Å²) in [7, 11) is -1.70. The Labute approximate surface area is 78.1 Å². The zero-order valence-corrected chi connectivity index (χ0v) is 8.58. The summed E-state index contributed by atoms with van der Waals surface area (Å²) in [5.74, 6) is 0.0813. The van der Waals surface area contributed by atoms with Gasteiger partial charge >= 0.3 is 0 Å². The van der Waals surface area contributed by atoms with Crippen molar-refractivity contribution in [2.75, 3.05) is 19.3 Å². The molecule has 0 heterocycles. The predicted molar refractivity (Wildman–Crippen MR) is 50.1 cm³/mol. The number of nitrogens with zero attached hydrogens (tertiary/aromatic N) is 2. The molecule has 0 saturated carbocycles. The van der Waals surface area contributed by atoms with Gasteiger partial charge in [0.1, 0.15) is 5.84 Å². The van der Waals surface area contributed by atoms with E-state index in [4.69, 9.17) is 10.9 Å². The lowest BCUT2D eigenvalue weighted by atomic mass is 10.4. The second-order valence-electron chi connectivity index (χ2n) is 2.56. The average Bonchev–Trinajstić information content (AvgIpc) is 2.13. The minimum atomic E-state index is -3.16. The largest absolute Gasteiger partial charge is 0.409 e. The van der Waals surface area contributed by atoms with Gasteiger partial charge in [-0.1, -0.05) is 5.16 Å². The fourth-order valence-corrected chi connectivity index (χ4v) is 1.49. The van der Waals surface area contributed by atoms with Crippen molar-refractivity contribution < 1.29 is 13.6 Å². The van der Waals surface area contributed by atoms with E-state index in [1.807, 2.05) is 0 Å². The van der Waals surface area contributed by atoms with Crippen LogP contribution < -0.4 is 5.73 Å². The highest BCUT2D eigenvalue weighted by molar-refractivity contribution is 7.89. The van der Waals surface area contributed by atoms with Crippen molar-refractivity contribution in [1.82, 2.24) is 4.31 Å². The molecule has 3 N–H and O–H groups in total. The molecule has 13 heavy (non-hydrogen) atoms. The number of sulfonamides is 1. The molecule has 0 aromatic carbocycles. The quantitative estimate of drug-likeness (QED) is 0.273. The van der Waals surface area contributed by atoms with Gasteiger partial charge in [0.25, 0.3) is 0 Å². The minimum Gasteiger partial charge on any atom is -0.409 e. The molecule has 0 aromatic rings. The highest BCUT2D eigenvalue weighted by atomic mass is 32.2. The predicted octanol–water partition coefficient (Wildman–Crippen LogP) is -0.596. The first-order chi connectivity index (χ1) is 5.94. The third-order valence-electron chi connectivity index (χ3n) is 1.65. The van der Waals surface area contributed by atoms with E-state index in [1.54, 1.807) is 6.92 Å². The van der Waals surface area contributed by atoms with Gasteiger partial charge in [-0.3, -0.25) is 0 Å². The molecular formula is C6H15N3O3S. The van der Waals surface area contributed by atoms with Gasteiger partial charge in [0.05, 0.1) is 5.75 Å². The first kappa shape index (κ1) is 12.2. The van der Waals surface area contributed by atoms with Gasteiger partial charge in [0.2, 0.25) is 10.0 Å². The van der Waals surface area contributed by atoms with Gasteiger partial charge in [0.15, 0.2) is 0 Å². The summed E-state index contributed by atoms with van der Waals surface area (Å²) in [6.45, 7) is 1.79. The van der Waals surface area contributed by atoms with Crippen LogP contribution >= 0.6 is 0 Å². The minimum absolute atomic E-state index is 0.0261. The van der Waals surface area contributed by atoms with Crippen LogP contribution in [0, 0.1) is 0 Å². The average molecular weight is 209 g/mol. The van der Waals surface area contributed by atoms with Crippen LogP contribution in [0.3, 0.4) is 0 Å². The number of nitrogens with two attached hydrogens (primary N) is 1. The molecule has 0 aliphatic rings. The van der Waals surface area contributed by atoms with E-state index in [2.05, 4.69) is 5.16 Å². The maximum atomic E-state index is 11.2. The molecule has 0 spiro atoms. The van der Waals surface area contributed by atoms with Crippen LogP contribution in [-0.4, -0.2) is 43.1 Å². The van der Waals surface area contributed by atoms with Gasteiger partial charge in [-0.25, -0.2) is 12.7 Å². The Morgan fingerprint density at radius 2 is 2.15 bits per heavy atom. The monoisotopic (exact) mass is 209 g/mol. The molecular weight excluding hydrogens is 194 g/mol. The van der Waals surface area contributed by atoms with E-state index >= 15 is 0 Å². The maximum absolute atomic E-state index is 11.2. The van der Waals surface area contributed by atoms with Gasteiger partial charge in [-0.15, -0.1) is 0 Å². The Morgan fingerprint density at radius 1 is 1.62 bits per heavy atom. The van der Waals surface area contributed by atoms with E-state index in [9.17, 15) is 8.42 Å². The second-order valence-corrected chi connectivity index (χ2v) is 4.93. The van der Waals surface area contributed by atoms with Crippen molar-refractivity contribution in [3.8, 4) is 0 Å². The fraction of sp³-hybridized carbons (Fsp3) is 0.833. The molecule has 0 saturated heterocycles. The van der Waals surface area contributed by atoms with E-state index in [0.717, 1.165) is 0 Å². The SMILES string of the molecule is CCS(=O)(=O)N(C)CC/C(N)=N/O.